The fraction of sp³-hybridized carbons (Fsp3) is 0.133. The molecule has 1 N–H and O–H groups in total. The van der Waals surface area contributed by atoms with Crippen molar-refractivity contribution in [3.05, 3.63) is 59.9 Å². The summed E-state index contributed by atoms with van der Waals surface area (Å²) in [4.78, 5) is 12.0. The molecule has 0 unspecified atom stereocenters. The summed E-state index contributed by atoms with van der Waals surface area (Å²) in [6, 6.07) is 7.14. The number of sulfonamides is 1. The highest BCUT2D eigenvalue weighted by atomic mass is 32.2. The molecular formula is C15H13F3N2O3S. The van der Waals surface area contributed by atoms with Gasteiger partial charge in [-0.05, 0) is 36.4 Å². The lowest BCUT2D eigenvalue weighted by Crippen LogP contribution is -2.38. The van der Waals surface area contributed by atoms with E-state index >= 15 is 0 Å². The van der Waals surface area contributed by atoms with E-state index in [1.807, 2.05) is 0 Å². The molecule has 2 aromatic carbocycles. The van der Waals surface area contributed by atoms with Crippen molar-refractivity contribution in [3.63, 3.8) is 0 Å². The van der Waals surface area contributed by atoms with E-state index in [1.54, 1.807) is 0 Å². The summed E-state index contributed by atoms with van der Waals surface area (Å²) >= 11 is 0. The zero-order valence-corrected chi connectivity index (χ0v) is 13.3. The maximum Gasteiger partial charge on any atom is 0.245 e. The summed E-state index contributed by atoms with van der Waals surface area (Å²) in [5, 5.41) is 2.36. The minimum absolute atomic E-state index is 0.245. The van der Waals surface area contributed by atoms with Crippen molar-refractivity contribution in [3.8, 4) is 0 Å². The van der Waals surface area contributed by atoms with Crippen LogP contribution in [0.15, 0.2) is 42.5 Å². The van der Waals surface area contributed by atoms with Crippen molar-refractivity contribution < 1.29 is 26.4 Å². The Morgan fingerprint density at radius 2 is 1.62 bits per heavy atom. The van der Waals surface area contributed by atoms with Gasteiger partial charge in [0.2, 0.25) is 15.9 Å². The molecule has 0 fully saturated rings. The van der Waals surface area contributed by atoms with Crippen molar-refractivity contribution in [2.24, 2.45) is 0 Å². The molecule has 0 atom stereocenters. The van der Waals surface area contributed by atoms with E-state index in [9.17, 15) is 26.4 Å². The van der Waals surface area contributed by atoms with Gasteiger partial charge >= 0.3 is 0 Å². The quantitative estimate of drug-likeness (QED) is 0.893. The number of anilines is 2. The summed E-state index contributed by atoms with van der Waals surface area (Å²) in [6.45, 7) is -0.723. The summed E-state index contributed by atoms with van der Waals surface area (Å²) in [7, 11) is -4.00. The standard InChI is InChI=1S/C15H13F3N2O3S/c1-24(22,23)20(14-7-4-11(17)8-13(14)18)9-15(21)19-12-5-2-10(16)3-6-12/h2-8H,9H2,1H3,(H,19,21). The van der Waals surface area contributed by atoms with E-state index in [0.29, 0.717) is 10.4 Å². The van der Waals surface area contributed by atoms with Crippen molar-refractivity contribution in [2.45, 2.75) is 0 Å². The third kappa shape index (κ3) is 4.48. The second-order valence-electron chi connectivity index (χ2n) is 4.92. The fourth-order valence-electron chi connectivity index (χ4n) is 1.93. The average molecular weight is 358 g/mol. The number of rotatable bonds is 5. The summed E-state index contributed by atoms with van der Waals surface area (Å²) in [5.41, 5.74) is -0.206. The molecule has 0 aliphatic heterocycles. The average Bonchev–Trinajstić information content (AvgIpc) is 2.47. The van der Waals surface area contributed by atoms with Crippen LogP contribution in [0.4, 0.5) is 24.5 Å². The number of hydrogen-bond acceptors (Lipinski definition) is 3. The van der Waals surface area contributed by atoms with Crippen molar-refractivity contribution in [1.82, 2.24) is 0 Å². The van der Waals surface area contributed by atoms with Gasteiger partial charge in [-0.25, -0.2) is 21.6 Å². The predicted octanol–water partition coefficient (Wildman–Crippen LogP) is 2.51. The van der Waals surface area contributed by atoms with Crippen molar-refractivity contribution >= 4 is 27.3 Å². The first-order valence-electron chi connectivity index (χ1n) is 6.65. The second-order valence-corrected chi connectivity index (χ2v) is 6.83. The molecular weight excluding hydrogens is 345 g/mol. The van der Waals surface area contributed by atoms with Gasteiger partial charge < -0.3 is 5.32 Å². The zero-order chi connectivity index (χ0) is 17.9. The fourth-order valence-corrected chi connectivity index (χ4v) is 2.79. The van der Waals surface area contributed by atoms with Gasteiger partial charge in [0.05, 0.1) is 11.9 Å². The Morgan fingerprint density at radius 3 is 2.17 bits per heavy atom. The van der Waals surface area contributed by atoms with Crippen LogP contribution >= 0.6 is 0 Å². The van der Waals surface area contributed by atoms with E-state index < -0.39 is 45.6 Å². The molecule has 9 heteroatoms. The number of nitrogens with zero attached hydrogens (tertiary/aromatic N) is 1. The number of halogens is 3. The van der Waals surface area contributed by atoms with E-state index in [-0.39, 0.29) is 5.69 Å². The molecule has 0 radical (unpaired) electrons. The van der Waals surface area contributed by atoms with E-state index in [4.69, 9.17) is 0 Å². The van der Waals surface area contributed by atoms with Gasteiger partial charge in [-0.3, -0.25) is 9.10 Å². The molecule has 1 amide bonds. The molecule has 2 rings (SSSR count). The lowest BCUT2D eigenvalue weighted by atomic mass is 10.3. The number of nitrogens with one attached hydrogen (secondary N) is 1. The highest BCUT2D eigenvalue weighted by Crippen LogP contribution is 2.22. The molecule has 0 aliphatic carbocycles. The number of amides is 1. The van der Waals surface area contributed by atoms with Crippen LogP contribution in [0, 0.1) is 17.5 Å². The zero-order valence-electron chi connectivity index (χ0n) is 12.5. The monoisotopic (exact) mass is 358 g/mol. The van der Waals surface area contributed by atoms with E-state index in [2.05, 4.69) is 5.32 Å². The molecule has 0 aromatic heterocycles. The maximum absolute atomic E-state index is 13.8. The van der Waals surface area contributed by atoms with Crippen LogP contribution in [0.3, 0.4) is 0 Å². The molecule has 0 saturated heterocycles. The van der Waals surface area contributed by atoms with E-state index in [0.717, 1.165) is 30.5 Å². The van der Waals surface area contributed by atoms with Crippen LogP contribution in [0.1, 0.15) is 0 Å². The SMILES string of the molecule is CS(=O)(=O)N(CC(=O)Nc1ccc(F)cc1)c1ccc(F)cc1F. The molecule has 2 aromatic rings. The highest BCUT2D eigenvalue weighted by Gasteiger charge is 2.24. The summed E-state index contributed by atoms with van der Waals surface area (Å²) in [6.07, 6.45) is 0.793. The Labute approximate surface area is 136 Å². The summed E-state index contributed by atoms with van der Waals surface area (Å²) in [5.74, 6) is -3.26. The lowest BCUT2D eigenvalue weighted by molar-refractivity contribution is -0.114. The molecule has 0 spiro atoms. The third-order valence-electron chi connectivity index (χ3n) is 2.99. The first-order valence-corrected chi connectivity index (χ1v) is 8.50. The summed E-state index contributed by atoms with van der Waals surface area (Å²) < 4.78 is 63.8. The number of carbonyl (C=O) groups is 1. The molecule has 0 saturated carbocycles. The highest BCUT2D eigenvalue weighted by molar-refractivity contribution is 7.92. The second kappa shape index (κ2) is 6.91. The minimum atomic E-state index is -4.00. The molecule has 24 heavy (non-hydrogen) atoms. The topological polar surface area (TPSA) is 66.5 Å². The Bertz CT molecular complexity index is 855. The number of hydrogen-bond donors (Lipinski definition) is 1. The Morgan fingerprint density at radius 1 is 1.04 bits per heavy atom. The Balaban J connectivity index is 2.23. The first kappa shape index (κ1) is 17.8. The maximum atomic E-state index is 13.8. The third-order valence-corrected chi connectivity index (χ3v) is 4.12. The van der Waals surface area contributed by atoms with Gasteiger partial charge in [0.15, 0.2) is 0 Å². The largest absolute Gasteiger partial charge is 0.325 e. The normalized spacial score (nSPS) is 11.2. The smallest absolute Gasteiger partial charge is 0.245 e. The van der Waals surface area contributed by atoms with Crippen LogP contribution in [-0.4, -0.2) is 27.1 Å². The van der Waals surface area contributed by atoms with Gasteiger partial charge in [0.1, 0.15) is 24.0 Å². The van der Waals surface area contributed by atoms with Gasteiger partial charge in [0, 0.05) is 11.8 Å². The minimum Gasteiger partial charge on any atom is -0.325 e. The molecule has 0 aliphatic rings. The van der Waals surface area contributed by atoms with Crippen molar-refractivity contribution in [2.75, 3.05) is 22.4 Å². The first-order chi connectivity index (χ1) is 11.2. The molecule has 5 nitrogen and oxygen atoms in total. The van der Waals surface area contributed by atoms with Crippen LogP contribution in [0.2, 0.25) is 0 Å². The Kier molecular flexibility index (Phi) is 5.13. The van der Waals surface area contributed by atoms with Crippen LogP contribution in [-0.2, 0) is 14.8 Å². The van der Waals surface area contributed by atoms with Crippen molar-refractivity contribution in [1.29, 1.82) is 0 Å². The van der Waals surface area contributed by atoms with Crippen LogP contribution in [0.25, 0.3) is 0 Å². The van der Waals surface area contributed by atoms with Crippen LogP contribution in [0.5, 0.6) is 0 Å². The molecule has 0 heterocycles. The number of carbonyl (C=O) groups excluding carboxylic acids is 1. The Hall–Kier alpha value is -2.55. The van der Waals surface area contributed by atoms with Gasteiger partial charge in [-0.1, -0.05) is 0 Å². The molecule has 128 valence electrons. The van der Waals surface area contributed by atoms with Crippen LogP contribution < -0.4 is 9.62 Å². The van der Waals surface area contributed by atoms with Gasteiger partial charge in [0.25, 0.3) is 0 Å². The predicted molar refractivity (Wildman–Crippen MR) is 83.6 cm³/mol. The van der Waals surface area contributed by atoms with E-state index in [1.165, 1.54) is 12.1 Å². The van der Waals surface area contributed by atoms with Gasteiger partial charge in [-0.15, -0.1) is 0 Å². The molecule has 0 bridgehead atoms. The van der Waals surface area contributed by atoms with Gasteiger partial charge in [-0.2, -0.15) is 0 Å². The number of benzene rings is 2. The lowest BCUT2D eigenvalue weighted by Gasteiger charge is -2.22.